The van der Waals surface area contributed by atoms with E-state index in [2.05, 4.69) is 0 Å². The van der Waals surface area contributed by atoms with E-state index >= 15 is 0 Å². The van der Waals surface area contributed by atoms with E-state index in [4.69, 9.17) is 9.15 Å². The van der Waals surface area contributed by atoms with Gasteiger partial charge < -0.3 is 14.3 Å². The molecule has 1 aromatic heterocycles. The molecule has 1 aliphatic heterocycles. The van der Waals surface area contributed by atoms with Crippen molar-refractivity contribution in [1.29, 1.82) is 0 Å². The van der Waals surface area contributed by atoms with E-state index < -0.39 is 23.3 Å². The van der Waals surface area contributed by atoms with Crippen LogP contribution >= 0.6 is 11.8 Å². The van der Waals surface area contributed by atoms with Crippen molar-refractivity contribution >= 4 is 34.5 Å². The molecular weight excluding hydrogens is 392 g/mol. The van der Waals surface area contributed by atoms with Gasteiger partial charge in [-0.15, -0.1) is 11.8 Å². The van der Waals surface area contributed by atoms with Gasteiger partial charge in [0.15, 0.2) is 11.5 Å². The molecule has 1 N–H and O–H groups in total. The number of phenols is 1. The highest BCUT2D eigenvalue weighted by Gasteiger charge is 2.37. The van der Waals surface area contributed by atoms with Crippen LogP contribution in [0.1, 0.15) is 46.3 Å². The number of hydrogen-bond acceptors (Lipinski definition) is 7. The second kappa shape index (κ2) is 7.08. The Morgan fingerprint density at radius 1 is 1.21 bits per heavy atom. The van der Waals surface area contributed by atoms with Crippen LogP contribution in [0, 0.1) is 6.92 Å². The number of phenolic OH excluding ortho intramolecular Hbond substituents is 1. The number of ketones is 1. The van der Waals surface area contributed by atoms with Gasteiger partial charge in [-0.3, -0.25) is 9.59 Å². The topological polar surface area (TPSA) is 93.8 Å². The lowest BCUT2D eigenvalue weighted by Crippen LogP contribution is -2.23. The quantitative estimate of drug-likeness (QED) is 0.228. The van der Waals surface area contributed by atoms with Crippen LogP contribution in [0.3, 0.4) is 0 Å². The summed E-state index contributed by atoms with van der Waals surface area (Å²) >= 11 is 1.60. The average molecular weight is 410 g/mol. The van der Waals surface area contributed by atoms with Gasteiger partial charge in [-0.1, -0.05) is 12.1 Å². The Hall–Kier alpha value is -3.06. The zero-order valence-electron chi connectivity index (χ0n) is 16.1. The summed E-state index contributed by atoms with van der Waals surface area (Å²) in [5.74, 6) is -1.83. The number of hydrogen-bond donors (Lipinski definition) is 1. The first kappa shape index (κ1) is 19.3. The first-order valence-electron chi connectivity index (χ1n) is 9.00. The van der Waals surface area contributed by atoms with Gasteiger partial charge in [0.1, 0.15) is 16.9 Å². The highest BCUT2D eigenvalue weighted by molar-refractivity contribution is 7.98. The van der Waals surface area contributed by atoms with Gasteiger partial charge in [0, 0.05) is 22.4 Å². The molecular formula is C22H18O6S. The Bertz CT molecular complexity index is 1220. The number of fused-ring (bicyclic) bond motifs is 3. The molecule has 29 heavy (non-hydrogen) atoms. The molecule has 7 heteroatoms. The number of rotatable bonds is 3. The van der Waals surface area contributed by atoms with Crippen LogP contribution in [-0.4, -0.2) is 23.1 Å². The first-order valence-corrected chi connectivity index (χ1v) is 10.2. The second-order valence-electron chi connectivity index (χ2n) is 6.98. The number of benzene rings is 2. The normalized spacial score (nSPS) is 15.8. The molecule has 3 aromatic rings. The third-order valence-electron chi connectivity index (χ3n) is 5.15. The van der Waals surface area contributed by atoms with Crippen molar-refractivity contribution in [2.45, 2.75) is 31.1 Å². The van der Waals surface area contributed by atoms with Gasteiger partial charge >= 0.3 is 11.6 Å². The van der Waals surface area contributed by atoms with E-state index in [1.54, 1.807) is 18.7 Å². The summed E-state index contributed by atoms with van der Waals surface area (Å²) in [4.78, 5) is 37.9. The van der Waals surface area contributed by atoms with E-state index in [-0.39, 0.29) is 34.5 Å². The van der Waals surface area contributed by atoms with E-state index in [9.17, 15) is 19.5 Å². The number of carbonyl (C=O) groups is 2. The summed E-state index contributed by atoms with van der Waals surface area (Å²) in [5.41, 5.74) is 1.21. The number of carbonyl (C=O) groups excluding carboxylic acids is 2. The van der Waals surface area contributed by atoms with Gasteiger partial charge in [0.05, 0.1) is 11.8 Å². The molecule has 0 saturated carbocycles. The zero-order valence-corrected chi connectivity index (χ0v) is 16.9. The van der Waals surface area contributed by atoms with Crippen LogP contribution in [0.15, 0.2) is 44.4 Å². The summed E-state index contributed by atoms with van der Waals surface area (Å²) < 4.78 is 10.9. The first-order chi connectivity index (χ1) is 13.8. The second-order valence-corrected chi connectivity index (χ2v) is 7.86. The van der Waals surface area contributed by atoms with E-state index in [1.807, 2.05) is 30.5 Å². The maximum Gasteiger partial charge on any atom is 0.336 e. The highest BCUT2D eigenvalue weighted by atomic mass is 32.2. The zero-order chi connectivity index (χ0) is 20.9. The van der Waals surface area contributed by atoms with E-state index in [0.29, 0.717) is 11.1 Å². The summed E-state index contributed by atoms with van der Waals surface area (Å²) in [6.07, 6.45) is 2.00. The minimum absolute atomic E-state index is 0.0283. The summed E-state index contributed by atoms with van der Waals surface area (Å²) in [5, 5.41) is 11.1. The van der Waals surface area contributed by atoms with Gasteiger partial charge in [-0.25, -0.2) is 4.79 Å². The minimum atomic E-state index is -0.583. The molecule has 6 nitrogen and oxygen atoms in total. The summed E-state index contributed by atoms with van der Waals surface area (Å²) in [6.45, 7) is 2.95. The molecule has 0 fully saturated rings. The van der Waals surface area contributed by atoms with Crippen LogP contribution < -0.4 is 10.4 Å². The molecule has 2 aromatic carbocycles. The highest BCUT2D eigenvalue weighted by Crippen LogP contribution is 2.49. The number of Topliss-reactive ketones (excluding diaryl/α,β-unsaturated/α-hetero) is 1. The lowest BCUT2D eigenvalue weighted by Gasteiger charge is -2.28. The third-order valence-corrected chi connectivity index (χ3v) is 5.90. The van der Waals surface area contributed by atoms with Crippen molar-refractivity contribution in [1.82, 2.24) is 0 Å². The third kappa shape index (κ3) is 3.11. The van der Waals surface area contributed by atoms with E-state index in [0.717, 1.165) is 10.5 Å². The molecule has 0 radical (unpaired) electrons. The van der Waals surface area contributed by atoms with Crippen LogP contribution in [0.5, 0.6) is 11.5 Å². The predicted molar refractivity (Wildman–Crippen MR) is 109 cm³/mol. The van der Waals surface area contributed by atoms with Crippen LogP contribution in [0.25, 0.3) is 11.0 Å². The van der Waals surface area contributed by atoms with Gasteiger partial charge in [0.25, 0.3) is 0 Å². The number of aromatic hydroxyl groups is 1. The largest absolute Gasteiger partial charge is 0.506 e. The fourth-order valence-corrected chi connectivity index (χ4v) is 4.27. The van der Waals surface area contributed by atoms with Crippen molar-refractivity contribution < 1.29 is 23.8 Å². The Labute approximate surface area is 170 Å². The molecule has 0 amide bonds. The van der Waals surface area contributed by atoms with Crippen molar-refractivity contribution in [3.63, 3.8) is 0 Å². The Morgan fingerprint density at radius 2 is 1.90 bits per heavy atom. The van der Waals surface area contributed by atoms with Gasteiger partial charge in [0.2, 0.25) is 0 Å². The van der Waals surface area contributed by atoms with Crippen LogP contribution in [0.2, 0.25) is 0 Å². The minimum Gasteiger partial charge on any atom is -0.506 e. The van der Waals surface area contributed by atoms with Crippen molar-refractivity contribution in [3.05, 3.63) is 63.0 Å². The van der Waals surface area contributed by atoms with Gasteiger partial charge in [-0.2, -0.15) is 0 Å². The lowest BCUT2D eigenvalue weighted by molar-refractivity contribution is -0.135. The Balaban J connectivity index is 2.12. The Morgan fingerprint density at radius 3 is 2.52 bits per heavy atom. The molecule has 0 saturated heterocycles. The molecule has 0 bridgehead atoms. The molecule has 4 rings (SSSR count). The SMILES string of the molecule is CSc1ccc([C@@H]2CC(=O)Oc3c(C(C)=O)c(O)c4c(C)cc(=O)oc4c32)cc1. The molecule has 1 atom stereocenters. The van der Waals surface area contributed by atoms with Crippen molar-refractivity contribution in [2.75, 3.05) is 6.26 Å². The number of thioether (sulfide) groups is 1. The molecule has 1 aliphatic rings. The maximum absolute atomic E-state index is 12.4. The smallest absolute Gasteiger partial charge is 0.336 e. The fraction of sp³-hybridized carbons (Fsp3) is 0.227. The molecule has 2 heterocycles. The number of ether oxygens (including phenoxy) is 1. The summed E-state index contributed by atoms with van der Waals surface area (Å²) in [7, 11) is 0. The Kier molecular flexibility index (Phi) is 4.70. The van der Waals surface area contributed by atoms with Crippen LogP contribution in [-0.2, 0) is 4.79 Å². The van der Waals surface area contributed by atoms with Gasteiger partial charge in [-0.05, 0) is 43.4 Å². The van der Waals surface area contributed by atoms with Crippen LogP contribution in [0.4, 0.5) is 0 Å². The standard InChI is InChI=1S/C22H18O6S/c1-10-8-15(24)27-21-17(10)20(26)18(11(2)23)22-19(21)14(9-16(25)28-22)12-4-6-13(29-3)7-5-12/h4-8,14,26H,9H2,1-3H3/t14-/m0/s1. The molecule has 0 aliphatic carbocycles. The lowest BCUT2D eigenvalue weighted by atomic mass is 9.83. The molecule has 0 unspecified atom stereocenters. The molecule has 0 spiro atoms. The van der Waals surface area contributed by atoms with Crippen molar-refractivity contribution in [3.8, 4) is 11.5 Å². The average Bonchev–Trinajstić information content (AvgIpc) is 2.66. The number of aryl methyl sites for hydroxylation is 1. The van der Waals surface area contributed by atoms with Crippen molar-refractivity contribution in [2.24, 2.45) is 0 Å². The predicted octanol–water partition coefficient (Wildman–Crippen LogP) is 4.17. The molecule has 148 valence electrons. The fourth-order valence-electron chi connectivity index (χ4n) is 3.86. The van der Waals surface area contributed by atoms with E-state index in [1.165, 1.54) is 13.0 Å². The summed E-state index contributed by atoms with van der Waals surface area (Å²) in [6, 6.07) is 8.94. The maximum atomic E-state index is 12.4. The monoisotopic (exact) mass is 410 g/mol. The number of esters is 1.